The van der Waals surface area contributed by atoms with Gasteiger partial charge in [0.15, 0.2) is 0 Å². The summed E-state index contributed by atoms with van der Waals surface area (Å²) in [5.41, 5.74) is -2.41. The summed E-state index contributed by atoms with van der Waals surface area (Å²) in [7, 11) is -5.38. The van der Waals surface area contributed by atoms with Crippen LogP contribution >= 0.6 is 0 Å². The van der Waals surface area contributed by atoms with Gasteiger partial charge in [0.25, 0.3) is 9.84 Å². The molecule has 2 heterocycles. The quantitative estimate of drug-likeness (QED) is 0.455. The summed E-state index contributed by atoms with van der Waals surface area (Å²) in [6.07, 6.45) is 1.70. The number of aromatic nitrogens is 1. The smallest absolute Gasteiger partial charge is 0.357 e. The molecule has 0 atom stereocenters. The number of rotatable bonds is 5. The van der Waals surface area contributed by atoms with Crippen molar-refractivity contribution in [2.24, 2.45) is 0 Å². The van der Waals surface area contributed by atoms with Crippen LogP contribution < -0.4 is 4.90 Å². The number of pyridine rings is 1. The van der Waals surface area contributed by atoms with Gasteiger partial charge in [-0.1, -0.05) is 0 Å². The van der Waals surface area contributed by atoms with E-state index in [1.807, 2.05) is 17.0 Å². The van der Waals surface area contributed by atoms with Crippen LogP contribution in [0, 0.1) is 5.82 Å². The molecule has 2 aromatic carbocycles. The molecule has 0 unspecified atom stereocenters. The van der Waals surface area contributed by atoms with Crippen molar-refractivity contribution in [1.29, 1.82) is 0 Å². The molecule has 0 spiro atoms. The van der Waals surface area contributed by atoms with E-state index in [2.05, 4.69) is 23.7 Å². The van der Waals surface area contributed by atoms with Crippen LogP contribution in [0.15, 0.2) is 71.8 Å². The Morgan fingerprint density at radius 1 is 1.00 bits per heavy atom. The molecule has 0 N–H and O–H groups in total. The van der Waals surface area contributed by atoms with Crippen molar-refractivity contribution in [3.63, 3.8) is 0 Å². The third kappa shape index (κ3) is 4.78. The molecule has 34 heavy (non-hydrogen) atoms. The predicted octanol–water partition coefficient (Wildman–Crippen LogP) is 5.24. The lowest BCUT2D eigenvalue weighted by molar-refractivity contribution is -0.0436. The second kappa shape index (κ2) is 8.66. The fraction of sp³-hybridized carbons (Fsp3) is 0.292. The van der Waals surface area contributed by atoms with Crippen molar-refractivity contribution < 1.29 is 26.0 Å². The summed E-state index contributed by atoms with van der Waals surface area (Å²) in [6.45, 7) is 5.84. The number of nitrogens with zero attached hydrogens (tertiary/aromatic N) is 3. The average Bonchev–Trinajstić information content (AvgIpc) is 3.08. The van der Waals surface area contributed by atoms with Gasteiger partial charge < -0.3 is 4.90 Å². The molecule has 1 aliphatic rings. The molecular weight excluding hydrogens is 470 g/mol. The molecule has 3 aromatic rings. The van der Waals surface area contributed by atoms with Gasteiger partial charge in [0.1, 0.15) is 5.82 Å². The molecule has 4 rings (SSSR count). The van der Waals surface area contributed by atoms with Gasteiger partial charge in [-0.25, -0.2) is 12.8 Å². The van der Waals surface area contributed by atoms with E-state index in [4.69, 9.17) is 0 Å². The number of anilines is 1. The number of alkyl halides is 3. The number of hydrogen-bond acceptors (Lipinski definition) is 5. The van der Waals surface area contributed by atoms with E-state index in [1.165, 1.54) is 24.3 Å². The second-order valence-corrected chi connectivity index (χ2v) is 10.8. The zero-order valence-electron chi connectivity index (χ0n) is 18.6. The largest absolute Gasteiger partial charge is 0.501 e. The Hall–Kier alpha value is -2.98. The van der Waals surface area contributed by atoms with Crippen molar-refractivity contribution >= 4 is 15.5 Å². The van der Waals surface area contributed by atoms with Crippen LogP contribution in [0.3, 0.4) is 0 Å². The summed E-state index contributed by atoms with van der Waals surface area (Å²) >= 11 is 0. The highest BCUT2D eigenvalue weighted by atomic mass is 32.2. The van der Waals surface area contributed by atoms with Crippen molar-refractivity contribution in [3.05, 3.63) is 78.2 Å². The molecule has 1 aliphatic heterocycles. The van der Waals surface area contributed by atoms with Crippen LogP contribution in [-0.4, -0.2) is 42.6 Å². The van der Waals surface area contributed by atoms with Crippen LogP contribution in [-0.2, 0) is 16.4 Å². The summed E-state index contributed by atoms with van der Waals surface area (Å²) in [5.74, 6) is -0.317. The predicted molar refractivity (Wildman–Crippen MR) is 121 cm³/mol. The molecule has 10 heteroatoms. The standard InChI is InChI=1S/C24H23F4N3O2S/c1-23(2)15-30(20-7-9-21(10-8-20)34(32,33)24(26,27)28)16-31(23)14-17-11-12-29-22(13-17)18-3-5-19(25)6-4-18/h3-13H,14-16H2,1-2H3. The van der Waals surface area contributed by atoms with Crippen molar-refractivity contribution in [1.82, 2.24) is 9.88 Å². The topological polar surface area (TPSA) is 53.5 Å². The number of hydrogen-bond donors (Lipinski definition) is 0. The van der Waals surface area contributed by atoms with Crippen molar-refractivity contribution in [3.8, 4) is 11.3 Å². The Morgan fingerprint density at radius 3 is 2.26 bits per heavy atom. The maximum atomic E-state index is 13.2. The van der Waals surface area contributed by atoms with Crippen molar-refractivity contribution in [2.75, 3.05) is 18.1 Å². The first-order chi connectivity index (χ1) is 15.9. The molecule has 0 radical (unpaired) electrons. The van der Waals surface area contributed by atoms with E-state index in [0.717, 1.165) is 29.0 Å². The first kappa shape index (κ1) is 24.2. The molecular formula is C24H23F4N3O2S. The lowest BCUT2D eigenvalue weighted by Gasteiger charge is -2.29. The second-order valence-electron chi connectivity index (χ2n) is 8.85. The van der Waals surface area contributed by atoms with Gasteiger partial charge >= 0.3 is 5.51 Å². The van der Waals surface area contributed by atoms with E-state index in [9.17, 15) is 26.0 Å². The summed E-state index contributed by atoms with van der Waals surface area (Å²) < 4.78 is 74.9. The fourth-order valence-electron chi connectivity index (χ4n) is 3.99. The number of benzene rings is 2. The monoisotopic (exact) mass is 493 g/mol. The number of halogens is 4. The van der Waals surface area contributed by atoms with E-state index < -0.39 is 20.2 Å². The summed E-state index contributed by atoms with van der Waals surface area (Å²) in [4.78, 5) is 7.82. The zero-order chi connectivity index (χ0) is 24.7. The van der Waals surface area contributed by atoms with E-state index >= 15 is 0 Å². The normalized spacial score (nSPS) is 16.7. The minimum absolute atomic E-state index is 0.254. The highest BCUT2D eigenvalue weighted by Gasteiger charge is 2.47. The minimum atomic E-state index is -5.38. The third-order valence-electron chi connectivity index (χ3n) is 5.93. The lowest BCUT2D eigenvalue weighted by Crippen LogP contribution is -2.39. The molecule has 1 aromatic heterocycles. The maximum Gasteiger partial charge on any atom is 0.501 e. The molecule has 0 bridgehead atoms. The fourth-order valence-corrected chi connectivity index (χ4v) is 4.75. The van der Waals surface area contributed by atoms with Crippen molar-refractivity contribution in [2.45, 2.75) is 36.3 Å². The molecule has 180 valence electrons. The molecule has 0 aliphatic carbocycles. The van der Waals surface area contributed by atoms with Crippen LogP contribution in [0.25, 0.3) is 11.3 Å². The van der Waals surface area contributed by atoms with E-state index in [-0.39, 0.29) is 11.4 Å². The van der Waals surface area contributed by atoms with Gasteiger partial charge in [0.2, 0.25) is 0 Å². The van der Waals surface area contributed by atoms with Gasteiger partial charge in [0.05, 0.1) is 17.3 Å². The average molecular weight is 494 g/mol. The van der Waals surface area contributed by atoms with E-state index in [1.54, 1.807) is 18.3 Å². The molecule has 1 saturated heterocycles. The SMILES string of the molecule is CC1(C)CN(c2ccc(S(=O)(=O)C(F)(F)F)cc2)CN1Cc1ccnc(-c2ccc(F)cc2)c1. The van der Waals surface area contributed by atoms with Gasteiger partial charge in [-0.15, -0.1) is 0 Å². The van der Waals surface area contributed by atoms with E-state index in [0.29, 0.717) is 25.4 Å². The summed E-state index contributed by atoms with van der Waals surface area (Å²) in [5, 5.41) is 0. The Labute approximate surface area is 195 Å². The van der Waals surface area contributed by atoms with Crippen LogP contribution in [0.5, 0.6) is 0 Å². The van der Waals surface area contributed by atoms with Crippen LogP contribution in [0.1, 0.15) is 19.4 Å². The zero-order valence-corrected chi connectivity index (χ0v) is 19.4. The molecule has 0 saturated carbocycles. The highest BCUT2D eigenvalue weighted by molar-refractivity contribution is 7.92. The summed E-state index contributed by atoms with van der Waals surface area (Å²) in [6, 6.07) is 14.8. The highest BCUT2D eigenvalue weighted by Crippen LogP contribution is 2.34. The Morgan fingerprint density at radius 2 is 1.65 bits per heavy atom. The lowest BCUT2D eigenvalue weighted by atomic mass is 10.0. The first-order valence-corrected chi connectivity index (χ1v) is 12.0. The molecule has 1 fully saturated rings. The number of sulfone groups is 1. The minimum Gasteiger partial charge on any atom is -0.357 e. The van der Waals surface area contributed by atoms with Gasteiger partial charge in [-0.3, -0.25) is 9.88 Å². The van der Waals surface area contributed by atoms with Crippen LogP contribution in [0.4, 0.5) is 23.2 Å². The Bertz CT molecular complexity index is 1270. The van der Waals surface area contributed by atoms with Gasteiger partial charge in [-0.2, -0.15) is 13.2 Å². The Balaban J connectivity index is 1.51. The Kier molecular flexibility index (Phi) is 6.15. The third-order valence-corrected chi connectivity index (χ3v) is 7.43. The first-order valence-electron chi connectivity index (χ1n) is 10.5. The molecule has 5 nitrogen and oxygen atoms in total. The molecule has 0 amide bonds. The maximum absolute atomic E-state index is 13.2. The van der Waals surface area contributed by atoms with Gasteiger partial charge in [-0.05, 0) is 80.1 Å². The van der Waals surface area contributed by atoms with Gasteiger partial charge in [0, 0.05) is 36.1 Å². The van der Waals surface area contributed by atoms with Crippen LogP contribution in [0.2, 0.25) is 0 Å².